The molecule has 6 heteroatoms. The fourth-order valence-electron chi connectivity index (χ4n) is 2.16. The van der Waals surface area contributed by atoms with Gasteiger partial charge >= 0.3 is 12.1 Å². The molecule has 23 heavy (non-hydrogen) atoms. The van der Waals surface area contributed by atoms with Gasteiger partial charge in [-0.25, -0.2) is 9.59 Å². The quantitative estimate of drug-likeness (QED) is 0.334. The first kappa shape index (κ1) is 22.0. The lowest BCUT2D eigenvalue weighted by Crippen LogP contribution is -2.48. The van der Waals surface area contributed by atoms with Crippen molar-refractivity contribution in [2.75, 3.05) is 19.0 Å². The van der Waals surface area contributed by atoms with Crippen molar-refractivity contribution in [1.82, 2.24) is 4.90 Å². The number of unbranched alkanes of at least 4 members (excludes halogenated alkanes) is 2. The Morgan fingerprint density at radius 3 is 2.26 bits per heavy atom. The van der Waals surface area contributed by atoms with E-state index in [1.165, 1.54) is 4.90 Å². The van der Waals surface area contributed by atoms with E-state index >= 15 is 0 Å². The van der Waals surface area contributed by atoms with Crippen molar-refractivity contribution in [2.45, 2.75) is 78.4 Å². The zero-order valence-electron chi connectivity index (χ0n) is 15.2. The van der Waals surface area contributed by atoms with Gasteiger partial charge in [-0.3, -0.25) is 4.90 Å². The van der Waals surface area contributed by atoms with Gasteiger partial charge in [-0.2, -0.15) is 0 Å². The summed E-state index contributed by atoms with van der Waals surface area (Å²) >= 11 is 5.69. The topological polar surface area (TPSA) is 55.8 Å². The maximum atomic E-state index is 12.5. The number of carbonyl (C=O) groups excluding carboxylic acids is 2. The third-order valence-electron chi connectivity index (χ3n) is 3.16. The Kier molecular flexibility index (Phi) is 11.1. The number of rotatable bonds is 10. The third kappa shape index (κ3) is 9.69. The van der Waals surface area contributed by atoms with Crippen molar-refractivity contribution in [2.24, 2.45) is 0 Å². The Bertz CT molecular complexity index is 355. The van der Waals surface area contributed by atoms with Crippen LogP contribution < -0.4 is 0 Å². The van der Waals surface area contributed by atoms with E-state index in [9.17, 15) is 9.59 Å². The molecule has 0 aliphatic heterocycles. The average Bonchev–Trinajstić information content (AvgIpc) is 2.44. The molecule has 0 aromatic carbocycles. The molecule has 0 aliphatic rings. The Morgan fingerprint density at radius 2 is 1.78 bits per heavy atom. The molecule has 0 fully saturated rings. The van der Waals surface area contributed by atoms with Gasteiger partial charge in [0.15, 0.2) is 0 Å². The Balaban J connectivity index is 5.08. The predicted molar refractivity (Wildman–Crippen MR) is 92.8 cm³/mol. The minimum absolute atomic E-state index is 0.299. The van der Waals surface area contributed by atoms with Crippen LogP contribution in [0.15, 0.2) is 0 Å². The Labute approximate surface area is 145 Å². The molecule has 0 bridgehead atoms. The molecule has 0 saturated heterocycles. The summed E-state index contributed by atoms with van der Waals surface area (Å²) in [6.07, 6.45) is 3.46. The summed E-state index contributed by atoms with van der Waals surface area (Å²) in [6.45, 7) is 9.95. The predicted octanol–water partition coefficient (Wildman–Crippen LogP) is 4.36. The second-order valence-corrected chi connectivity index (χ2v) is 6.86. The minimum atomic E-state index is -0.600. The molecule has 0 radical (unpaired) electrons. The first-order chi connectivity index (χ1) is 10.8. The van der Waals surface area contributed by atoms with Crippen molar-refractivity contribution >= 4 is 23.7 Å². The first-order valence-corrected chi connectivity index (χ1v) is 9.02. The smallest absolute Gasteiger partial charge is 0.411 e. The van der Waals surface area contributed by atoms with Gasteiger partial charge in [0.2, 0.25) is 0 Å². The summed E-state index contributed by atoms with van der Waals surface area (Å²) in [5.41, 5.74) is -0.600. The van der Waals surface area contributed by atoms with Crippen LogP contribution >= 0.6 is 11.6 Å². The fourth-order valence-corrected chi connectivity index (χ4v) is 2.35. The van der Waals surface area contributed by atoms with E-state index in [2.05, 4.69) is 0 Å². The Morgan fingerprint density at radius 1 is 1.13 bits per heavy atom. The molecule has 5 nitrogen and oxygen atoms in total. The van der Waals surface area contributed by atoms with Crippen LogP contribution in [-0.2, 0) is 14.3 Å². The summed E-state index contributed by atoms with van der Waals surface area (Å²) in [5, 5.41) is 0. The number of amides is 1. The molecule has 0 heterocycles. The first-order valence-electron chi connectivity index (χ1n) is 8.49. The number of hydrogen-bond acceptors (Lipinski definition) is 4. The number of esters is 1. The molecule has 0 aromatic heterocycles. The molecule has 136 valence electrons. The van der Waals surface area contributed by atoms with E-state index in [4.69, 9.17) is 21.1 Å². The average molecular weight is 350 g/mol. The number of hydrogen-bond donors (Lipinski definition) is 0. The van der Waals surface area contributed by atoms with Crippen molar-refractivity contribution in [3.8, 4) is 0 Å². The van der Waals surface area contributed by atoms with E-state index in [-0.39, 0.29) is 5.97 Å². The second-order valence-electron chi connectivity index (χ2n) is 6.48. The molecule has 0 spiro atoms. The van der Waals surface area contributed by atoms with Gasteiger partial charge in [-0.1, -0.05) is 19.8 Å². The number of halogens is 1. The lowest BCUT2D eigenvalue weighted by Gasteiger charge is -2.32. The molecule has 1 atom stereocenters. The maximum absolute atomic E-state index is 12.5. The van der Waals surface area contributed by atoms with Crippen LogP contribution in [0.25, 0.3) is 0 Å². The van der Waals surface area contributed by atoms with Gasteiger partial charge in [0.1, 0.15) is 11.6 Å². The van der Waals surface area contributed by atoms with Gasteiger partial charge in [0.05, 0.1) is 6.61 Å². The van der Waals surface area contributed by atoms with E-state index in [0.29, 0.717) is 25.5 Å². The fraction of sp³-hybridized carbons (Fsp3) is 0.882. The molecular formula is C17H32ClNO4. The summed E-state index contributed by atoms with van der Waals surface area (Å²) < 4.78 is 10.6. The van der Waals surface area contributed by atoms with Crippen molar-refractivity contribution in [1.29, 1.82) is 0 Å². The third-order valence-corrected chi connectivity index (χ3v) is 3.42. The number of carbonyl (C=O) groups is 2. The number of nitrogens with zero attached hydrogens (tertiary/aromatic N) is 1. The van der Waals surface area contributed by atoms with Crippen LogP contribution in [-0.4, -0.2) is 47.6 Å². The van der Waals surface area contributed by atoms with Gasteiger partial charge in [-0.05, 0) is 47.0 Å². The van der Waals surface area contributed by atoms with Gasteiger partial charge < -0.3 is 9.47 Å². The molecular weight excluding hydrogens is 318 g/mol. The van der Waals surface area contributed by atoms with Crippen molar-refractivity contribution in [3.05, 3.63) is 0 Å². The van der Waals surface area contributed by atoms with Gasteiger partial charge in [0.25, 0.3) is 0 Å². The van der Waals surface area contributed by atoms with Crippen LogP contribution in [0.4, 0.5) is 4.79 Å². The van der Waals surface area contributed by atoms with Gasteiger partial charge in [0, 0.05) is 12.4 Å². The highest BCUT2D eigenvalue weighted by atomic mass is 35.5. The highest BCUT2D eigenvalue weighted by molar-refractivity contribution is 6.17. The van der Waals surface area contributed by atoms with E-state index in [1.807, 2.05) is 27.7 Å². The van der Waals surface area contributed by atoms with Crippen LogP contribution in [0.3, 0.4) is 0 Å². The highest BCUT2D eigenvalue weighted by Crippen LogP contribution is 2.17. The zero-order valence-corrected chi connectivity index (χ0v) is 15.9. The van der Waals surface area contributed by atoms with Gasteiger partial charge in [-0.15, -0.1) is 11.6 Å². The normalized spacial score (nSPS) is 12.6. The second kappa shape index (κ2) is 11.5. The lowest BCUT2D eigenvalue weighted by atomic mass is 10.1. The highest BCUT2D eigenvalue weighted by Gasteiger charge is 2.32. The van der Waals surface area contributed by atoms with Crippen LogP contribution in [0.5, 0.6) is 0 Å². The largest absolute Gasteiger partial charge is 0.464 e. The maximum Gasteiger partial charge on any atom is 0.411 e. The molecule has 0 aromatic rings. The van der Waals surface area contributed by atoms with E-state index in [1.54, 1.807) is 6.92 Å². The molecule has 0 saturated carbocycles. The van der Waals surface area contributed by atoms with Crippen LogP contribution in [0, 0.1) is 0 Å². The van der Waals surface area contributed by atoms with Crippen molar-refractivity contribution in [3.63, 3.8) is 0 Å². The van der Waals surface area contributed by atoms with E-state index in [0.717, 1.165) is 25.7 Å². The molecule has 0 N–H and O–H groups in total. The summed E-state index contributed by atoms with van der Waals surface area (Å²) in [7, 11) is 0. The molecule has 1 amide bonds. The van der Waals surface area contributed by atoms with Crippen molar-refractivity contribution < 1.29 is 19.1 Å². The molecule has 0 rings (SSSR count). The summed E-state index contributed by atoms with van der Waals surface area (Å²) in [5.74, 6) is 0.237. The summed E-state index contributed by atoms with van der Waals surface area (Å²) in [6, 6.07) is -0.592. The molecule has 0 unspecified atom stereocenters. The Hall–Kier alpha value is -0.970. The monoisotopic (exact) mass is 349 g/mol. The lowest BCUT2D eigenvalue weighted by molar-refractivity contribution is -0.149. The van der Waals surface area contributed by atoms with E-state index < -0.39 is 17.7 Å². The number of ether oxygens (including phenoxy) is 2. The summed E-state index contributed by atoms with van der Waals surface area (Å²) in [4.78, 5) is 26.3. The number of alkyl halides is 1. The standard InChI is InChI=1S/C17H32ClNO4/c1-6-11-14(15(20)22-7-2)19(13-10-8-9-12-18)16(21)23-17(3,4)5/h14H,6-13H2,1-5H3/t14-/m0/s1. The SMILES string of the molecule is CCC[C@@H](C(=O)OCC)N(CCCCCCl)C(=O)OC(C)(C)C. The zero-order chi connectivity index (χ0) is 17.9. The molecule has 0 aliphatic carbocycles. The minimum Gasteiger partial charge on any atom is -0.464 e. The van der Waals surface area contributed by atoms with Crippen LogP contribution in [0.2, 0.25) is 0 Å². The van der Waals surface area contributed by atoms with Crippen LogP contribution in [0.1, 0.15) is 66.7 Å².